The first-order chi connectivity index (χ1) is 7.49. The Morgan fingerprint density at radius 2 is 2.06 bits per heavy atom. The van der Waals surface area contributed by atoms with Gasteiger partial charge in [0.25, 0.3) is 0 Å². The largest absolute Gasteiger partial charge is 0.310 e. The van der Waals surface area contributed by atoms with E-state index in [1.165, 1.54) is 6.07 Å². The van der Waals surface area contributed by atoms with Crippen LogP contribution in [0.2, 0.25) is 5.02 Å². The predicted octanol–water partition coefficient (Wildman–Crippen LogP) is 3.97. The lowest BCUT2D eigenvalue weighted by Crippen LogP contribution is -2.27. The highest BCUT2D eigenvalue weighted by Crippen LogP contribution is 2.15. The molecule has 1 nitrogen and oxygen atoms in total. The summed E-state index contributed by atoms with van der Waals surface area (Å²) >= 11 is 11.7. The van der Waals surface area contributed by atoms with E-state index in [9.17, 15) is 4.39 Å². The van der Waals surface area contributed by atoms with Gasteiger partial charge in [0.2, 0.25) is 0 Å². The van der Waals surface area contributed by atoms with Crippen LogP contribution in [-0.2, 0) is 6.54 Å². The summed E-state index contributed by atoms with van der Waals surface area (Å²) in [7, 11) is 0. The Kier molecular flexibility index (Phi) is 5.53. The second kappa shape index (κ2) is 6.43. The van der Waals surface area contributed by atoms with E-state index < -0.39 is 0 Å². The maximum atomic E-state index is 13.4. The van der Waals surface area contributed by atoms with Crippen LogP contribution in [0.3, 0.4) is 0 Å². The van der Waals surface area contributed by atoms with E-state index in [0.29, 0.717) is 17.1 Å². The summed E-state index contributed by atoms with van der Waals surface area (Å²) < 4.78 is 13.4. The van der Waals surface area contributed by atoms with E-state index in [1.54, 1.807) is 12.1 Å². The molecule has 1 aromatic rings. The van der Waals surface area contributed by atoms with Gasteiger partial charge in [0, 0.05) is 28.5 Å². The molecular weight excluding hydrogens is 248 g/mol. The maximum absolute atomic E-state index is 13.4. The van der Waals surface area contributed by atoms with Gasteiger partial charge in [-0.15, -0.1) is 11.6 Å². The first-order valence-corrected chi connectivity index (χ1v) is 6.12. The number of benzene rings is 1. The molecule has 0 aliphatic carbocycles. The number of halogens is 3. The quantitative estimate of drug-likeness (QED) is 0.793. The molecule has 0 amide bonds. The van der Waals surface area contributed by atoms with Gasteiger partial charge in [0.1, 0.15) is 5.82 Å². The standard InChI is InChI=1S/C12H16Cl2FN/c1-8(13)5-9(2)16-7-10-6-11(14)3-4-12(10)15/h3-4,6,8-9,16H,5,7H2,1-2H3. The van der Waals surface area contributed by atoms with Crippen molar-refractivity contribution in [2.24, 2.45) is 0 Å². The van der Waals surface area contributed by atoms with E-state index in [-0.39, 0.29) is 17.2 Å². The van der Waals surface area contributed by atoms with Crippen molar-refractivity contribution in [1.82, 2.24) is 5.32 Å². The smallest absolute Gasteiger partial charge is 0.127 e. The molecule has 0 fully saturated rings. The molecule has 0 heterocycles. The Morgan fingerprint density at radius 1 is 1.38 bits per heavy atom. The highest BCUT2D eigenvalue weighted by molar-refractivity contribution is 6.30. The second-order valence-electron chi connectivity index (χ2n) is 4.03. The van der Waals surface area contributed by atoms with E-state index >= 15 is 0 Å². The minimum atomic E-state index is -0.233. The first kappa shape index (κ1) is 13.8. The molecule has 1 aromatic carbocycles. The van der Waals surface area contributed by atoms with Crippen LogP contribution >= 0.6 is 23.2 Å². The van der Waals surface area contributed by atoms with Crippen molar-refractivity contribution in [3.63, 3.8) is 0 Å². The van der Waals surface area contributed by atoms with Gasteiger partial charge in [-0.2, -0.15) is 0 Å². The van der Waals surface area contributed by atoms with Crippen LogP contribution in [0.4, 0.5) is 4.39 Å². The maximum Gasteiger partial charge on any atom is 0.127 e. The number of hydrogen-bond acceptors (Lipinski definition) is 1. The van der Waals surface area contributed by atoms with Crippen molar-refractivity contribution in [3.05, 3.63) is 34.6 Å². The fourth-order valence-electron chi connectivity index (χ4n) is 1.53. The van der Waals surface area contributed by atoms with Gasteiger partial charge in [-0.1, -0.05) is 11.6 Å². The van der Waals surface area contributed by atoms with Crippen molar-refractivity contribution in [2.45, 2.75) is 38.2 Å². The summed E-state index contributed by atoms with van der Waals surface area (Å²) in [5.74, 6) is -0.233. The highest BCUT2D eigenvalue weighted by Gasteiger charge is 2.08. The SMILES string of the molecule is CC(Cl)CC(C)NCc1cc(Cl)ccc1F. The van der Waals surface area contributed by atoms with E-state index in [0.717, 1.165) is 6.42 Å². The number of nitrogens with one attached hydrogen (secondary N) is 1. The Hall–Kier alpha value is -0.310. The molecule has 1 N–H and O–H groups in total. The van der Waals surface area contributed by atoms with Crippen molar-refractivity contribution < 1.29 is 4.39 Å². The van der Waals surface area contributed by atoms with Crippen molar-refractivity contribution in [2.75, 3.05) is 0 Å². The van der Waals surface area contributed by atoms with E-state index in [2.05, 4.69) is 5.32 Å². The molecule has 90 valence electrons. The summed E-state index contributed by atoms with van der Waals surface area (Å²) in [6.07, 6.45) is 0.851. The fraction of sp³-hybridized carbons (Fsp3) is 0.500. The zero-order chi connectivity index (χ0) is 12.1. The first-order valence-electron chi connectivity index (χ1n) is 5.30. The van der Waals surface area contributed by atoms with Gasteiger partial charge in [-0.3, -0.25) is 0 Å². The topological polar surface area (TPSA) is 12.0 Å². The molecule has 0 spiro atoms. The Morgan fingerprint density at radius 3 is 2.69 bits per heavy atom. The number of hydrogen-bond donors (Lipinski definition) is 1. The average Bonchev–Trinajstić information content (AvgIpc) is 2.18. The van der Waals surface area contributed by atoms with E-state index in [1.807, 2.05) is 13.8 Å². The summed E-state index contributed by atoms with van der Waals surface area (Å²) in [4.78, 5) is 0. The molecule has 2 atom stereocenters. The van der Waals surface area contributed by atoms with Crippen LogP contribution in [-0.4, -0.2) is 11.4 Å². The molecule has 1 rings (SSSR count). The summed E-state index contributed by atoms with van der Waals surface area (Å²) in [6.45, 7) is 4.44. The molecule has 0 aliphatic heterocycles. The second-order valence-corrected chi connectivity index (χ2v) is 5.22. The molecule has 2 unspecified atom stereocenters. The minimum absolute atomic E-state index is 0.117. The number of rotatable bonds is 5. The van der Waals surface area contributed by atoms with Gasteiger partial charge in [0.15, 0.2) is 0 Å². The molecule has 16 heavy (non-hydrogen) atoms. The predicted molar refractivity (Wildman–Crippen MR) is 67.6 cm³/mol. The molecule has 0 bridgehead atoms. The van der Waals surface area contributed by atoms with Gasteiger partial charge < -0.3 is 5.32 Å². The van der Waals surface area contributed by atoms with Crippen LogP contribution in [0, 0.1) is 5.82 Å². The normalized spacial score (nSPS) is 14.8. The van der Waals surface area contributed by atoms with E-state index in [4.69, 9.17) is 23.2 Å². The summed E-state index contributed by atoms with van der Waals surface area (Å²) in [5.41, 5.74) is 0.585. The van der Waals surface area contributed by atoms with Gasteiger partial charge in [-0.05, 0) is 38.5 Å². The highest BCUT2D eigenvalue weighted by atomic mass is 35.5. The van der Waals surface area contributed by atoms with Gasteiger partial charge >= 0.3 is 0 Å². The third-order valence-electron chi connectivity index (χ3n) is 2.33. The van der Waals surface area contributed by atoms with Crippen LogP contribution < -0.4 is 5.32 Å². The Bertz CT molecular complexity index is 342. The third kappa shape index (κ3) is 4.69. The summed E-state index contributed by atoms with van der Waals surface area (Å²) in [6, 6.07) is 4.82. The average molecular weight is 264 g/mol. The fourth-order valence-corrected chi connectivity index (χ4v) is 2.00. The van der Waals surface area contributed by atoms with Crippen molar-refractivity contribution in [1.29, 1.82) is 0 Å². The third-order valence-corrected chi connectivity index (χ3v) is 2.74. The minimum Gasteiger partial charge on any atom is -0.310 e. The molecule has 0 saturated heterocycles. The lowest BCUT2D eigenvalue weighted by atomic mass is 10.1. The summed E-state index contributed by atoms with van der Waals surface area (Å²) in [5, 5.41) is 3.88. The molecule has 0 radical (unpaired) electrons. The van der Waals surface area contributed by atoms with Gasteiger partial charge in [-0.25, -0.2) is 4.39 Å². The van der Waals surface area contributed by atoms with Crippen molar-refractivity contribution >= 4 is 23.2 Å². The Labute approximate surface area is 106 Å². The lowest BCUT2D eigenvalue weighted by molar-refractivity contribution is 0.499. The Balaban J connectivity index is 2.51. The molecule has 0 saturated carbocycles. The molecule has 0 aliphatic rings. The molecule has 0 aromatic heterocycles. The van der Waals surface area contributed by atoms with Crippen LogP contribution in [0.15, 0.2) is 18.2 Å². The van der Waals surface area contributed by atoms with Crippen LogP contribution in [0.25, 0.3) is 0 Å². The lowest BCUT2D eigenvalue weighted by Gasteiger charge is -2.15. The van der Waals surface area contributed by atoms with Crippen LogP contribution in [0.1, 0.15) is 25.8 Å². The van der Waals surface area contributed by atoms with Gasteiger partial charge in [0.05, 0.1) is 0 Å². The number of alkyl halides is 1. The van der Waals surface area contributed by atoms with Crippen molar-refractivity contribution in [3.8, 4) is 0 Å². The zero-order valence-corrected chi connectivity index (χ0v) is 10.9. The molecular formula is C12H16Cl2FN. The van der Waals surface area contributed by atoms with Crippen LogP contribution in [0.5, 0.6) is 0 Å². The molecule has 4 heteroatoms. The monoisotopic (exact) mass is 263 g/mol. The zero-order valence-electron chi connectivity index (χ0n) is 9.43.